The summed E-state index contributed by atoms with van der Waals surface area (Å²) in [5.74, 6) is -1.07. The van der Waals surface area contributed by atoms with E-state index in [0.29, 0.717) is 19.6 Å². The van der Waals surface area contributed by atoms with E-state index < -0.39 is 16.6 Å². The third kappa shape index (κ3) is 2.93. The Morgan fingerprint density at radius 1 is 1.55 bits per heavy atom. The van der Waals surface area contributed by atoms with Crippen LogP contribution >= 0.6 is 0 Å². The molecule has 20 heavy (non-hydrogen) atoms. The van der Waals surface area contributed by atoms with Gasteiger partial charge in [0.05, 0.1) is 16.6 Å². The molecule has 108 valence electrons. The SMILES string of the molecule is NCC1CCCN(C(=O)c2ccc([N+](=O)[O-])cc2F)C1. The van der Waals surface area contributed by atoms with Crippen molar-refractivity contribution in [2.24, 2.45) is 11.7 Å². The van der Waals surface area contributed by atoms with Crippen LogP contribution in [0.4, 0.5) is 10.1 Å². The first kappa shape index (κ1) is 14.4. The van der Waals surface area contributed by atoms with E-state index in [1.807, 2.05) is 0 Å². The van der Waals surface area contributed by atoms with Crippen LogP contribution in [0.5, 0.6) is 0 Å². The van der Waals surface area contributed by atoms with Crippen molar-refractivity contribution in [1.82, 2.24) is 4.90 Å². The Balaban J connectivity index is 2.18. The maximum atomic E-state index is 13.8. The highest BCUT2D eigenvalue weighted by atomic mass is 19.1. The van der Waals surface area contributed by atoms with E-state index in [2.05, 4.69) is 0 Å². The van der Waals surface area contributed by atoms with E-state index in [1.165, 1.54) is 6.07 Å². The molecular formula is C13H16FN3O3. The minimum absolute atomic E-state index is 0.131. The summed E-state index contributed by atoms with van der Waals surface area (Å²) in [4.78, 5) is 23.7. The Hall–Kier alpha value is -2.02. The van der Waals surface area contributed by atoms with Crippen molar-refractivity contribution in [3.8, 4) is 0 Å². The molecule has 1 heterocycles. The lowest BCUT2D eigenvalue weighted by Crippen LogP contribution is -2.42. The summed E-state index contributed by atoms with van der Waals surface area (Å²) in [6, 6.07) is 3.08. The fraction of sp³-hybridized carbons (Fsp3) is 0.462. The maximum Gasteiger partial charge on any atom is 0.272 e. The zero-order valence-corrected chi connectivity index (χ0v) is 10.9. The Bertz CT molecular complexity index is 536. The monoisotopic (exact) mass is 281 g/mol. The number of nitrogens with two attached hydrogens (primary N) is 1. The maximum absolute atomic E-state index is 13.8. The van der Waals surface area contributed by atoms with Crippen molar-refractivity contribution < 1.29 is 14.1 Å². The van der Waals surface area contributed by atoms with Crippen LogP contribution in [0.25, 0.3) is 0 Å². The summed E-state index contributed by atoms with van der Waals surface area (Å²) in [5.41, 5.74) is 5.11. The standard InChI is InChI=1S/C13H16FN3O3/c14-12-6-10(17(19)20)3-4-11(12)13(18)16-5-1-2-9(7-15)8-16/h3-4,6,9H,1-2,5,7-8,15H2. The van der Waals surface area contributed by atoms with Gasteiger partial charge in [0.15, 0.2) is 0 Å². The van der Waals surface area contributed by atoms with Gasteiger partial charge in [-0.3, -0.25) is 14.9 Å². The first-order valence-electron chi connectivity index (χ1n) is 6.46. The molecule has 2 N–H and O–H groups in total. The first-order chi connectivity index (χ1) is 9.52. The number of amides is 1. The highest BCUT2D eigenvalue weighted by Crippen LogP contribution is 2.21. The summed E-state index contributed by atoms with van der Waals surface area (Å²) in [5, 5.41) is 10.5. The number of benzene rings is 1. The van der Waals surface area contributed by atoms with Crippen LogP contribution in [0.3, 0.4) is 0 Å². The van der Waals surface area contributed by atoms with Gasteiger partial charge in [0.25, 0.3) is 11.6 Å². The fourth-order valence-electron chi connectivity index (χ4n) is 2.40. The largest absolute Gasteiger partial charge is 0.338 e. The minimum atomic E-state index is -0.862. The number of nitrogens with zero attached hydrogens (tertiary/aromatic N) is 2. The molecule has 0 bridgehead atoms. The van der Waals surface area contributed by atoms with Gasteiger partial charge < -0.3 is 10.6 Å². The van der Waals surface area contributed by atoms with Crippen LogP contribution in [0.15, 0.2) is 18.2 Å². The number of piperidine rings is 1. The van der Waals surface area contributed by atoms with Gasteiger partial charge in [-0.05, 0) is 31.4 Å². The second kappa shape index (κ2) is 5.96. The van der Waals surface area contributed by atoms with Crippen molar-refractivity contribution in [3.05, 3.63) is 39.7 Å². The molecule has 1 amide bonds. The number of likely N-dealkylation sites (tertiary alicyclic amines) is 1. The topological polar surface area (TPSA) is 89.5 Å². The van der Waals surface area contributed by atoms with Crippen molar-refractivity contribution in [2.45, 2.75) is 12.8 Å². The van der Waals surface area contributed by atoms with Gasteiger partial charge in [0.1, 0.15) is 5.82 Å². The molecule has 1 aliphatic rings. The molecule has 1 aromatic carbocycles. The molecule has 1 unspecified atom stereocenters. The van der Waals surface area contributed by atoms with Gasteiger partial charge in [0.2, 0.25) is 0 Å². The molecule has 1 aliphatic heterocycles. The molecule has 0 saturated carbocycles. The number of hydrogen-bond acceptors (Lipinski definition) is 4. The van der Waals surface area contributed by atoms with E-state index in [9.17, 15) is 19.3 Å². The van der Waals surface area contributed by atoms with Gasteiger partial charge in [-0.25, -0.2) is 4.39 Å². The van der Waals surface area contributed by atoms with E-state index in [1.54, 1.807) is 4.90 Å². The molecule has 0 aliphatic carbocycles. The number of hydrogen-bond donors (Lipinski definition) is 1. The number of non-ortho nitro benzene ring substituents is 1. The molecule has 1 fully saturated rings. The lowest BCUT2D eigenvalue weighted by molar-refractivity contribution is -0.385. The summed E-state index contributed by atoms with van der Waals surface area (Å²) in [6.45, 7) is 1.56. The number of halogens is 1. The average molecular weight is 281 g/mol. The van der Waals surface area contributed by atoms with Crippen LogP contribution in [-0.2, 0) is 0 Å². The van der Waals surface area contributed by atoms with Crippen molar-refractivity contribution in [3.63, 3.8) is 0 Å². The normalized spacial score (nSPS) is 18.9. The van der Waals surface area contributed by atoms with E-state index in [-0.39, 0.29) is 17.2 Å². The summed E-state index contributed by atoms with van der Waals surface area (Å²) in [7, 11) is 0. The van der Waals surface area contributed by atoms with Crippen molar-refractivity contribution in [1.29, 1.82) is 0 Å². The number of carbonyl (C=O) groups excluding carboxylic acids is 1. The quantitative estimate of drug-likeness (QED) is 0.672. The van der Waals surface area contributed by atoms with Gasteiger partial charge in [-0.15, -0.1) is 0 Å². The predicted octanol–water partition coefficient (Wildman–Crippen LogP) is 1.54. The number of nitro benzene ring substituents is 1. The number of carbonyl (C=O) groups is 1. The van der Waals surface area contributed by atoms with Gasteiger partial charge in [0, 0.05) is 19.2 Å². The Kier molecular flexibility index (Phi) is 4.29. The molecule has 6 nitrogen and oxygen atoms in total. The van der Waals surface area contributed by atoms with Gasteiger partial charge >= 0.3 is 0 Å². The van der Waals surface area contributed by atoms with Crippen LogP contribution in [0.2, 0.25) is 0 Å². The predicted molar refractivity (Wildman–Crippen MR) is 70.7 cm³/mol. The molecule has 1 aromatic rings. The second-order valence-electron chi connectivity index (χ2n) is 4.92. The first-order valence-corrected chi connectivity index (χ1v) is 6.46. The van der Waals surface area contributed by atoms with Crippen molar-refractivity contribution in [2.75, 3.05) is 19.6 Å². The van der Waals surface area contributed by atoms with Crippen LogP contribution in [0.1, 0.15) is 23.2 Å². The van der Waals surface area contributed by atoms with E-state index >= 15 is 0 Å². The smallest absolute Gasteiger partial charge is 0.272 e. The zero-order valence-electron chi connectivity index (χ0n) is 10.9. The Morgan fingerprint density at radius 3 is 2.90 bits per heavy atom. The lowest BCUT2D eigenvalue weighted by Gasteiger charge is -2.32. The van der Waals surface area contributed by atoms with Crippen LogP contribution in [-0.4, -0.2) is 35.4 Å². The molecule has 2 rings (SSSR count). The van der Waals surface area contributed by atoms with E-state index in [4.69, 9.17) is 5.73 Å². The molecule has 0 radical (unpaired) electrons. The summed E-state index contributed by atoms with van der Waals surface area (Å²) < 4.78 is 13.8. The molecule has 1 saturated heterocycles. The lowest BCUT2D eigenvalue weighted by atomic mass is 9.97. The number of nitro groups is 1. The fourth-order valence-corrected chi connectivity index (χ4v) is 2.40. The van der Waals surface area contributed by atoms with Gasteiger partial charge in [-0.2, -0.15) is 0 Å². The Morgan fingerprint density at radius 2 is 2.30 bits per heavy atom. The Labute approximate surface area is 115 Å². The molecule has 1 atom stereocenters. The summed E-state index contributed by atoms with van der Waals surface area (Å²) in [6.07, 6.45) is 1.80. The highest BCUT2D eigenvalue weighted by Gasteiger charge is 2.26. The zero-order chi connectivity index (χ0) is 14.7. The second-order valence-corrected chi connectivity index (χ2v) is 4.92. The van der Waals surface area contributed by atoms with Crippen LogP contribution in [0, 0.1) is 21.8 Å². The third-order valence-corrected chi connectivity index (χ3v) is 3.53. The van der Waals surface area contributed by atoms with Crippen LogP contribution < -0.4 is 5.73 Å². The highest BCUT2D eigenvalue weighted by molar-refractivity contribution is 5.94. The summed E-state index contributed by atoms with van der Waals surface area (Å²) >= 11 is 0. The van der Waals surface area contributed by atoms with E-state index in [0.717, 1.165) is 25.0 Å². The molecule has 0 aromatic heterocycles. The van der Waals surface area contributed by atoms with Crippen molar-refractivity contribution >= 4 is 11.6 Å². The molecule has 0 spiro atoms. The molecule has 7 heteroatoms. The third-order valence-electron chi connectivity index (χ3n) is 3.53. The average Bonchev–Trinajstić information content (AvgIpc) is 2.46. The number of rotatable bonds is 3. The molecular weight excluding hydrogens is 265 g/mol. The minimum Gasteiger partial charge on any atom is -0.338 e. The van der Waals surface area contributed by atoms with Gasteiger partial charge in [-0.1, -0.05) is 0 Å².